The lowest BCUT2D eigenvalue weighted by Crippen LogP contribution is -1.99. The minimum Gasteiger partial charge on any atom is -0.207 e. The molecular formula is C12H17F. The Morgan fingerprint density at radius 1 is 1.15 bits per heavy atom. The highest BCUT2D eigenvalue weighted by Gasteiger charge is 2.06. The van der Waals surface area contributed by atoms with Crippen LogP contribution in [-0.4, -0.2) is 0 Å². The molecule has 0 radical (unpaired) electrons. The van der Waals surface area contributed by atoms with E-state index in [1.807, 2.05) is 19.9 Å². The lowest BCUT2D eigenvalue weighted by Gasteiger charge is -2.09. The Bertz CT molecular complexity index is 300. The molecular weight excluding hydrogens is 163 g/mol. The maximum Gasteiger partial charge on any atom is 0.126 e. The number of hydrogen-bond acceptors (Lipinski definition) is 0. The second kappa shape index (κ2) is 3.91. The van der Waals surface area contributed by atoms with Crippen molar-refractivity contribution in [2.24, 2.45) is 5.92 Å². The molecule has 1 aromatic carbocycles. The van der Waals surface area contributed by atoms with Crippen LogP contribution in [0.4, 0.5) is 4.39 Å². The second-order valence-electron chi connectivity index (χ2n) is 4.13. The molecule has 0 atom stereocenters. The van der Waals surface area contributed by atoms with Gasteiger partial charge in [0, 0.05) is 0 Å². The minimum absolute atomic E-state index is 0.0585. The van der Waals surface area contributed by atoms with Gasteiger partial charge in [-0.25, -0.2) is 4.39 Å². The van der Waals surface area contributed by atoms with E-state index in [9.17, 15) is 4.39 Å². The molecule has 0 bridgehead atoms. The number of aryl methyl sites for hydroxylation is 2. The van der Waals surface area contributed by atoms with E-state index < -0.39 is 0 Å². The highest BCUT2D eigenvalue weighted by atomic mass is 19.1. The van der Waals surface area contributed by atoms with Gasteiger partial charge in [-0.3, -0.25) is 0 Å². The quantitative estimate of drug-likeness (QED) is 0.651. The van der Waals surface area contributed by atoms with Crippen molar-refractivity contribution in [3.8, 4) is 0 Å². The molecule has 0 N–H and O–H groups in total. The lowest BCUT2D eigenvalue weighted by atomic mass is 9.98. The van der Waals surface area contributed by atoms with E-state index in [0.29, 0.717) is 5.92 Å². The summed E-state index contributed by atoms with van der Waals surface area (Å²) in [6.45, 7) is 8.18. The Kier molecular flexibility index (Phi) is 3.07. The smallest absolute Gasteiger partial charge is 0.126 e. The first-order chi connectivity index (χ1) is 6.00. The molecule has 0 aliphatic carbocycles. The standard InChI is InChI=1S/C12H17F/c1-8(2)5-11-6-9(3)10(4)7-12(11)13/h6-8H,5H2,1-4H3. The van der Waals surface area contributed by atoms with Crippen LogP contribution in [0.5, 0.6) is 0 Å². The summed E-state index contributed by atoms with van der Waals surface area (Å²) < 4.78 is 13.4. The lowest BCUT2D eigenvalue weighted by molar-refractivity contribution is 0.572. The van der Waals surface area contributed by atoms with Gasteiger partial charge in [-0.2, -0.15) is 0 Å². The zero-order chi connectivity index (χ0) is 10.0. The molecule has 0 spiro atoms. The van der Waals surface area contributed by atoms with Crippen molar-refractivity contribution in [3.05, 3.63) is 34.6 Å². The monoisotopic (exact) mass is 180 g/mol. The fourth-order valence-electron chi connectivity index (χ4n) is 1.44. The van der Waals surface area contributed by atoms with Gasteiger partial charge in [0.2, 0.25) is 0 Å². The molecule has 0 heterocycles. The van der Waals surface area contributed by atoms with Crippen molar-refractivity contribution >= 4 is 0 Å². The van der Waals surface area contributed by atoms with Crippen LogP contribution in [-0.2, 0) is 6.42 Å². The number of halogens is 1. The SMILES string of the molecule is Cc1cc(F)c(CC(C)C)cc1C. The van der Waals surface area contributed by atoms with E-state index in [4.69, 9.17) is 0 Å². The summed E-state index contributed by atoms with van der Waals surface area (Å²) in [6.07, 6.45) is 0.826. The summed E-state index contributed by atoms with van der Waals surface area (Å²) in [6, 6.07) is 3.59. The van der Waals surface area contributed by atoms with E-state index in [-0.39, 0.29) is 5.82 Å². The molecule has 0 unspecified atom stereocenters. The zero-order valence-corrected chi connectivity index (χ0v) is 8.82. The number of rotatable bonds is 2. The van der Waals surface area contributed by atoms with Gasteiger partial charge in [-0.05, 0) is 48.9 Å². The molecule has 1 rings (SSSR count). The predicted molar refractivity (Wildman–Crippen MR) is 54.4 cm³/mol. The Morgan fingerprint density at radius 2 is 1.69 bits per heavy atom. The molecule has 0 amide bonds. The molecule has 1 heteroatoms. The Labute approximate surface area is 79.8 Å². The molecule has 0 aliphatic heterocycles. The molecule has 1 aromatic rings. The molecule has 13 heavy (non-hydrogen) atoms. The highest BCUT2D eigenvalue weighted by molar-refractivity contribution is 5.31. The number of benzene rings is 1. The van der Waals surface area contributed by atoms with Crippen LogP contribution < -0.4 is 0 Å². The van der Waals surface area contributed by atoms with Crippen molar-refractivity contribution in [2.75, 3.05) is 0 Å². The summed E-state index contributed by atoms with van der Waals surface area (Å²) >= 11 is 0. The van der Waals surface area contributed by atoms with Gasteiger partial charge >= 0.3 is 0 Å². The van der Waals surface area contributed by atoms with E-state index in [1.165, 1.54) is 5.56 Å². The molecule has 0 nitrogen and oxygen atoms in total. The summed E-state index contributed by atoms with van der Waals surface area (Å²) in [5.74, 6) is 0.452. The predicted octanol–water partition coefficient (Wildman–Crippen LogP) is 3.64. The van der Waals surface area contributed by atoms with Crippen LogP contribution in [0.1, 0.15) is 30.5 Å². The summed E-state index contributed by atoms with van der Waals surface area (Å²) in [5.41, 5.74) is 3.06. The van der Waals surface area contributed by atoms with E-state index >= 15 is 0 Å². The average molecular weight is 180 g/mol. The van der Waals surface area contributed by atoms with Gasteiger partial charge in [-0.15, -0.1) is 0 Å². The third-order valence-electron chi connectivity index (χ3n) is 2.29. The Balaban J connectivity index is 3.01. The first kappa shape index (κ1) is 10.2. The summed E-state index contributed by atoms with van der Waals surface area (Å²) in [7, 11) is 0. The van der Waals surface area contributed by atoms with Crippen LogP contribution in [0.15, 0.2) is 12.1 Å². The summed E-state index contributed by atoms with van der Waals surface area (Å²) in [4.78, 5) is 0. The van der Waals surface area contributed by atoms with Crippen LogP contribution in [0.3, 0.4) is 0 Å². The molecule has 72 valence electrons. The maximum absolute atomic E-state index is 13.4. The summed E-state index contributed by atoms with van der Waals surface area (Å²) in [5, 5.41) is 0. The first-order valence-electron chi connectivity index (χ1n) is 4.76. The van der Waals surface area contributed by atoms with Crippen LogP contribution in [0.2, 0.25) is 0 Å². The van der Waals surface area contributed by atoms with Gasteiger partial charge in [-0.1, -0.05) is 19.9 Å². The Morgan fingerprint density at radius 3 is 2.23 bits per heavy atom. The fraction of sp³-hybridized carbons (Fsp3) is 0.500. The average Bonchev–Trinajstić information content (AvgIpc) is 1.99. The van der Waals surface area contributed by atoms with Crippen LogP contribution in [0.25, 0.3) is 0 Å². The van der Waals surface area contributed by atoms with Gasteiger partial charge in [0.1, 0.15) is 5.82 Å². The van der Waals surface area contributed by atoms with Crippen LogP contribution in [0, 0.1) is 25.6 Å². The van der Waals surface area contributed by atoms with Crippen molar-refractivity contribution in [1.29, 1.82) is 0 Å². The second-order valence-corrected chi connectivity index (χ2v) is 4.13. The molecule has 0 aromatic heterocycles. The van der Waals surface area contributed by atoms with Gasteiger partial charge in [0.05, 0.1) is 0 Å². The fourth-order valence-corrected chi connectivity index (χ4v) is 1.44. The van der Waals surface area contributed by atoms with Crippen molar-refractivity contribution < 1.29 is 4.39 Å². The number of hydrogen-bond donors (Lipinski definition) is 0. The van der Waals surface area contributed by atoms with Crippen molar-refractivity contribution in [2.45, 2.75) is 34.1 Å². The van der Waals surface area contributed by atoms with E-state index in [0.717, 1.165) is 17.5 Å². The van der Waals surface area contributed by atoms with Gasteiger partial charge < -0.3 is 0 Å². The topological polar surface area (TPSA) is 0 Å². The zero-order valence-electron chi connectivity index (χ0n) is 8.82. The molecule has 0 aliphatic rings. The van der Waals surface area contributed by atoms with Crippen molar-refractivity contribution in [1.82, 2.24) is 0 Å². The largest absolute Gasteiger partial charge is 0.207 e. The molecule has 0 saturated heterocycles. The highest BCUT2D eigenvalue weighted by Crippen LogP contribution is 2.17. The normalized spacial score (nSPS) is 10.9. The minimum atomic E-state index is -0.0585. The first-order valence-corrected chi connectivity index (χ1v) is 4.76. The van der Waals surface area contributed by atoms with E-state index in [1.54, 1.807) is 6.07 Å². The van der Waals surface area contributed by atoms with Crippen molar-refractivity contribution in [3.63, 3.8) is 0 Å². The van der Waals surface area contributed by atoms with Crippen LogP contribution >= 0.6 is 0 Å². The Hall–Kier alpha value is -0.850. The molecule has 0 saturated carbocycles. The van der Waals surface area contributed by atoms with Gasteiger partial charge in [0.15, 0.2) is 0 Å². The van der Waals surface area contributed by atoms with Gasteiger partial charge in [0.25, 0.3) is 0 Å². The van der Waals surface area contributed by atoms with E-state index in [2.05, 4.69) is 13.8 Å². The third kappa shape index (κ3) is 2.55. The maximum atomic E-state index is 13.4. The third-order valence-corrected chi connectivity index (χ3v) is 2.29. The molecule has 0 fully saturated rings.